The van der Waals surface area contributed by atoms with E-state index in [1.807, 2.05) is 13.8 Å². The van der Waals surface area contributed by atoms with E-state index in [1.54, 1.807) is 12.1 Å². The van der Waals surface area contributed by atoms with Gasteiger partial charge in [-0.1, -0.05) is 69.9 Å². The number of hydrogen-bond acceptors (Lipinski definition) is 6. The molecule has 1 unspecified atom stereocenters. The molecule has 2 N–H and O–H groups in total. The summed E-state index contributed by atoms with van der Waals surface area (Å²) in [5.74, 6) is 0.250. The van der Waals surface area contributed by atoms with Crippen molar-refractivity contribution < 1.29 is 23.7 Å². The molecule has 1 aromatic carbocycles. The third-order valence-corrected chi connectivity index (χ3v) is 10.7. The maximum absolute atomic E-state index is 14.0. The maximum Gasteiger partial charge on any atom is 0.481 e. The van der Waals surface area contributed by atoms with Gasteiger partial charge in [0.25, 0.3) is 11.8 Å². The van der Waals surface area contributed by atoms with Crippen LogP contribution in [0.3, 0.4) is 0 Å². The number of rotatable bonds is 9. The second-order valence-electron chi connectivity index (χ2n) is 13.8. The van der Waals surface area contributed by atoms with Crippen LogP contribution in [-0.4, -0.2) is 54.4 Å². The molecule has 41 heavy (non-hydrogen) atoms. The van der Waals surface area contributed by atoms with Crippen molar-refractivity contribution in [3.05, 3.63) is 33.8 Å². The summed E-state index contributed by atoms with van der Waals surface area (Å²) in [7, 11) is -0.528. The molecule has 2 amide bonds. The van der Waals surface area contributed by atoms with Gasteiger partial charge in [0, 0.05) is 17.4 Å². The summed E-state index contributed by atoms with van der Waals surface area (Å²) in [5, 5.41) is 11.0. The fraction of sp³-hybridized carbons (Fsp3) is 0.700. The molecule has 2 heterocycles. The SMILES string of the molecule is CC(C)C[C@H](NC(=O)C1(C(C)C)CC(CNC(=O)c2cc(Cl)ccc2Cl)=NO1)B1O[C@@H]2C[C@@H]3C[C@@H](C3(C)C)[C@]2(C)O1. The number of halogens is 2. The normalized spacial score (nSPS) is 32.2. The molecule has 2 bridgehead atoms. The molecule has 11 heteroatoms. The van der Waals surface area contributed by atoms with Crippen LogP contribution in [0.4, 0.5) is 0 Å². The molecule has 5 aliphatic rings. The van der Waals surface area contributed by atoms with E-state index in [2.05, 4.69) is 50.4 Å². The van der Waals surface area contributed by atoms with Crippen LogP contribution in [0.5, 0.6) is 0 Å². The lowest BCUT2D eigenvalue weighted by Crippen LogP contribution is -2.65. The zero-order chi connectivity index (χ0) is 29.9. The fourth-order valence-corrected chi connectivity index (χ4v) is 7.73. The molecule has 4 fully saturated rings. The summed E-state index contributed by atoms with van der Waals surface area (Å²) in [5.41, 5.74) is -0.490. The monoisotopic (exact) mass is 605 g/mol. The van der Waals surface area contributed by atoms with E-state index in [0.717, 1.165) is 6.42 Å². The van der Waals surface area contributed by atoms with Gasteiger partial charge in [-0.15, -0.1) is 0 Å². The lowest BCUT2D eigenvalue weighted by molar-refractivity contribution is -0.199. The lowest BCUT2D eigenvalue weighted by Gasteiger charge is -2.64. The van der Waals surface area contributed by atoms with E-state index in [-0.39, 0.29) is 59.3 Å². The van der Waals surface area contributed by atoms with E-state index >= 15 is 0 Å². The van der Waals surface area contributed by atoms with Crippen LogP contribution in [0.1, 0.15) is 84.5 Å². The molecule has 6 rings (SSSR count). The van der Waals surface area contributed by atoms with Gasteiger partial charge in [0.1, 0.15) is 0 Å². The number of carbonyl (C=O) groups is 2. The molecule has 2 aliphatic heterocycles. The Kier molecular flexibility index (Phi) is 8.25. The molecule has 224 valence electrons. The molecular weight excluding hydrogens is 564 g/mol. The Balaban J connectivity index is 1.26. The minimum atomic E-state index is -1.21. The molecule has 1 saturated heterocycles. The number of nitrogens with zero attached hydrogens (tertiary/aromatic N) is 1. The Morgan fingerprint density at radius 1 is 1.15 bits per heavy atom. The van der Waals surface area contributed by atoms with Crippen molar-refractivity contribution in [3.8, 4) is 0 Å². The predicted octanol–water partition coefficient (Wildman–Crippen LogP) is 5.69. The van der Waals surface area contributed by atoms with Gasteiger partial charge in [-0.05, 0) is 67.6 Å². The van der Waals surface area contributed by atoms with Gasteiger partial charge in [-0.25, -0.2) is 0 Å². The molecule has 1 aromatic rings. The van der Waals surface area contributed by atoms with Crippen molar-refractivity contribution >= 4 is 47.8 Å². The average Bonchev–Trinajstić information content (AvgIpc) is 3.49. The Bertz CT molecular complexity index is 1240. The first-order valence-electron chi connectivity index (χ1n) is 14.8. The quantitative estimate of drug-likeness (QED) is 0.352. The van der Waals surface area contributed by atoms with E-state index in [1.165, 1.54) is 12.5 Å². The van der Waals surface area contributed by atoms with Gasteiger partial charge < -0.3 is 24.8 Å². The molecule has 0 spiro atoms. The van der Waals surface area contributed by atoms with Crippen LogP contribution < -0.4 is 10.6 Å². The van der Waals surface area contributed by atoms with Crippen LogP contribution in [0, 0.1) is 29.1 Å². The Morgan fingerprint density at radius 3 is 2.54 bits per heavy atom. The second kappa shape index (κ2) is 11.0. The van der Waals surface area contributed by atoms with Gasteiger partial charge >= 0.3 is 7.12 Å². The highest BCUT2D eigenvalue weighted by Gasteiger charge is 2.68. The number of hydrogen-bond donors (Lipinski definition) is 2. The first-order chi connectivity index (χ1) is 19.2. The molecule has 6 atom stereocenters. The number of amides is 2. The van der Waals surface area contributed by atoms with Crippen LogP contribution in [0.15, 0.2) is 23.4 Å². The van der Waals surface area contributed by atoms with Crippen molar-refractivity contribution in [1.29, 1.82) is 0 Å². The topological polar surface area (TPSA) is 98.3 Å². The van der Waals surface area contributed by atoms with Crippen LogP contribution >= 0.6 is 23.2 Å². The number of nitrogens with one attached hydrogen (secondary N) is 2. The first-order valence-corrected chi connectivity index (χ1v) is 15.5. The molecule has 8 nitrogen and oxygen atoms in total. The second-order valence-corrected chi connectivity index (χ2v) is 14.7. The summed E-state index contributed by atoms with van der Waals surface area (Å²) in [6, 6.07) is 4.71. The third-order valence-electron chi connectivity index (χ3n) is 10.1. The highest BCUT2D eigenvalue weighted by Crippen LogP contribution is 2.65. The summed E-state index contributed by atoms with van der Waals surface area (Å²) in [4.78, 5) is 32.6. The largest absolute Gasteiger partial charge is 0.481 e. The van der Waals surface area contributed by atoms with Gasteiger partial charge in [0.15, 0.2) is 0 Å². The Hall–Kier alpha value is -1.81. The summed E-state index contributed by atoms with van der Waals surface area (Å²) in [6.45, 7) is 15.1. The molecule has 3 saturated carbocycles. The Morgan fingerprint density at radius 2 is 1.88 bits per heavy atom. The van der Waals surface area contributed by atoms with Gasteiger partial charge in [0.2, 0.25) is 5.60 Å². The van der Waals surface area contributed by atoms with Crippen molar-refractivity contribution in [1.82, 2.24) is 10.6 Å². The van der Waals surface area contributed by atoms with Crippen LogP contribution in [0.25, 0.3) is 0 Å². The zero-order valence-corrected chi connectivity index (χ0v) is 26.6. The van der Waals surface area contributed by atoms with Crippen molar-refractivity contribution in [2.75, 3.05) is 6.54 Å². The summed E-state index contributed by atoms with van der Waals surface area (Å²) >= 11 is 12.2. The smallest absolute Gasteiger partial charge is 0.404 e. The van der Waals surface area contributed by atoms with Gasteiger partial charge in [-0.2, -0.15) is 0 Å². The van der Waals surface area contributed by atoms with E-state index < -0.39 is 12.7 Å². The van der Waals surface area contributed by atoms with E-state index in [9.17, 15) is 9.59 Å². The van der Waals surface area contributed by atoms with Crippen molar-refractivity contribution in [3.63, 3.8) is 0 Å². The highest BCUT2D eigenvalue weighted by atomic mass is 35.5. The van der Waals surface area contributed by atoms with Crippen molar-refractivity contribution in [2.45, 2.75) is 97.4 Å². The fourth-order valence-electron chi connectivity index (χ4n) is 7.36. The standard InChI is InChI=1S/C30H42BCl2N3O5/c1-16(2)10-25(31-39-24-12-18-11-23(28(18,5)6)29(24,7)40-31)35-27(38)30(17(3)4)14-20(36-41-30)15-34-26(37)21-13-19(32)8-9-22(21)33/h8-9,13,16-18,23-25H,10-12,14-15H2,1-7H3,(H,34,37)(H,35,38)/t18-,23-,24+,25-,29-,30?/m0/s1. The van der Waals surface area contributed by atoms with E-state index in [0.29, 0.717) is 39.9 Å². The minimum absolute atomic E-state index is 0.0316. The maximum atomic E-state index is 14.0. The molecular formula is C30H42BCl2N3O5. The zero-order valence-electron chi connectivity index (χ0n) is 25.1. The first kappa shape index (κ1) is 30.6. The molecule has 0 radical (unpaired) electrons. The molecule has 0 aromatic heterocycles. The highest BCUT2D eigenvalue weighted by molar-refractivity contribution is 6.48. The summed E-state index contributed by atoms with van der Waals surface area (Å²) < 4.78 is 13.3. The van der Waals surface area contributed by atoms with Gasteiger partial charge in [-0.3, -0.25) is 9.59 Å². The lowest BCUT2D eigenvalue weighted by atomic mass is 9.43. The van der Waals surface area contributed by atoms with Crippen molar-refractivity contribution in [2.24, 2.45) is 34.2 Å². The van der Waals surface area contributed by atoms with E-state index in [4.69, 9.17) is 37.3 Å². The predicted molar refractivity (Wildman–Crippen MR) is 161 cm³/mol. The van der Waals surface area contributed by atoms with Crippen LogP contribution in [0.2, 0.25) is 10.0 Å². The number of carbonyl (C=O) groups excluding carboxylic acids is 2. The number of oxime groups is 1. The summed E-state index contributed by atoms with van der Waals surface area (Å²) in [6.07, 6.45) is 3.14. The Labute approximate surface area is 253 Å². The average molecular weight is 606 g/mol. The minimum Gasteiger partial charge on any atom is -0.404 e. The van der Waals surface area contributed by atoms with Gasteiger partial charge in [0.05, 0.1) is 40.5 Å². The molecule has 3 aliphatic carbocycles. The van der Waals surface area contributed by atoms with Crippen LogP contribution in [-0.2, 0) is 18.9 Å². The number of benzene rings is 1. The third kappa shape index (κ3) is 5.41.